The van der Waals surface area contributed by atoms with Gasteiger partial charge in [-0.15, -0.1) is 0 Å². The van der Waals surface area contributed by atoms with Gasteiger partial charge < -0.3 is 5.32 Å². The molecule has 4 heterocycles. The van der Waals surface area contributed by atoms with Gasteiger partial charge in [0.15, 0.2) is 0 Å². The molecule has 140 valence electrons. The third-order valence-electron chi connectivity index (χ3n) is 5.05. The van der Waals surface area contributed by atoms with E-state index in [0.717, 1.165) is 49.1 Å². The first-order valence-electron chi connectivity index (χ1n) is 9.39. The fraction of sp³-hybridized carbons (Fsp3) is 0.400. The molecule has 1 N–H and O–H groups in total. The summed E-state index contributed by atoms with van der Waals surface area (Å²) in [5.41, 5.74) is 3.28. The number of anilines is 2. The highest BCUT2D eigenvalue weighted by Crippen LogP contribution is 2.26. The van der Waals surface area contributed by atoms with Gasteiger partial charge in [0.2, 0.25) is 0 Å². The molecule has 0 unspecified atom stereocenters. The van der Waals surface area contributed by atoms with Crippen molar-refractivity contribution in [3.63, 3.8) is 0 Å². The molecular formula is C20H25N7. The van der Waals surface area contributed by atoms with Crippen LogP contribution in [0, 0.1) is 6.92 Å². The maximum atomic E-state index is 4.67. The van der Waals surface area contributed by atoms with Crippen molar-refractivity contribution in [2.75, 3.05) is 18.4 Å². The quantitative estimate of drug-likeness (QED) is 0.751. The Morgan fingerprint density at radius 3 is 2.81 bits per heavy atom. The van der Waals surface area contributed by atoms with Crippen molar-refractivity contribution in [1.82, 2.24) is 29.6 Å². The molecule has 1 atom stereocenters. The topological polar surface area (TPSA) is 71.8 Å². The van der Waals surface area contributed by atoms with Crippen LogP contribution in [0.3, 0.4) is 0 Å². The van der Waals surface area contributed by atoms with Crippen molar-refractivity contribution in [2.45, 2.75) is 32.2 Å². The number of piperidine rings is 1. The van der Waals surface area contributed by atoms with Crippen LogP contribution in [0.2, 0.25) is 0 Å². The van der Waals surface area contributed by atoms with Crippen LogP contribution in [-0.4, -0.2) is 42.7 Å². The summed E-state index contributed by atoms with van der Waals surface area (Å²) in [5, 5.41) is 7.48. The van der Waals surface area contributed by atoms with Crippen molar-refractivity contribution < 1.29 is 0 Å². The number of aromatic nitrogens is 5. The van der Waals surface area contributed by atoms with Gasteiger partial charge in [-0.1, -0.05) is 6.07 Å². The van der Waals surface area contributed by atoms with Crippen molar-refractivity contribution in [1.29, 1.82) is 0 Å². The number of hydrogen-bond donors (Lipinski definition) is 1. The zero-order valence-corrected chi connectivity index (χ0v) is 15.8. The van der Waals surface area contributed by atoms with Crippen molar-refractivity contribution >= 4 is 11.6 Å². The minimum absolute atomic E-state index is 0.422. The lowest BCUT2D eigenvalue weighted by molar-refractivity contribution is 0.194. The molecule has 0 radical (unpaired) electrons. The van der Waals surface area contributed by atoms with Crippen LogP contribution in [0.4, 0.5) is 11.6 Å². The normalized spacial score (nSPS) is 17.8. The van der Waals surface area contributed by atoms with Gasteiger partial charge in [0.25, 0.3) is 0 Å². The van der Waals surface area contributed by atoms with E-state index in [2.05, 4.69) is 36.3 Å². The molecule has 1 aliphatic rings. The maximum Gasteiger partial charge on any atom is 0.150 e. The van der Waals surface area contributed by atoms with Crippen LogP contribution in [0.15, 0.2) is 42.9 Å². The number of nitrogens with zero attached hydrogens (tertiary/aromatic N) is 6. The molecule has 1 saturated heterocycles. The van der Waals surface area contributed by atoms with Crippen molar-refractivity contribution in [2.24, 2.45) is 7.05 Å². The monoisotopic (exact) mass is 363 g/mol. The lowest BCUT2D eigenvalue weighted by atomic mass is 9.95. The van der Waals surface area contributed by atoms with Gasteiger partial charge in [-0.2, -0.15) is 5.10 Å². The Hall–Kier alpha value is -2.80. The average Bonchev–Trinajstić information content (AvgIpc) is 3.07. The second-order valence-electron chi connectivity index (χ2n) is 7.14. The fourth-order valence-electron chi connectivity index (χ4n) is 3.58. The summed E-state index contributed by atoms with van der Waals surface area (Å²) in [6.07, 6.45) is 7.90. The molecule has 0 aromatic carbocycles. The second-order valence-corrected chi connectivity index (χ2v) is 7.14. The lowest BCUT2D eigenvalue weighted by Gasteiger charge is -2.32. The number of rotatable bonds is 5. The van der Waals surface area contributed by atoms with Gasteiger partial charge in [0.05, 0.1) is 23.8 Å². The van der Waals surface area contributed by atoms with Crippen LogP contribution in [0.1, 0.15) is 35.8 Å². The minimum Gasteiger partial charge on any atom is -0.324 e. The van der Waals surface area contributed by atoms with Crippen molar-refractivity contribution in [3.05, 3.63) is 59.9 Å². The number of likely N-dealkylation sites (tertiary alicyclic amines) is 1. The standard InChI is InChI=1S/C20H25N7/c1-15-5-3-7-19(24-15)25-20-12-21-18(11-22-20)16-6-4-10-27(13-16)14-17-8-9-23-26(17)2/h3,5,7-9,11-12,16H,4,6,10,13-14H2,1-2H3,(H,22,24,25)/t16-/m1/s1. The summed E-state index contributed by atoms with van der Waals surface area (Å²) in [7, 11) is 2.00. The van der Waals surface area contributed by atoms with Gasteiger partial charge in [-0.05, 0) is 44.5 Å². The highest BCUT2D eigenvalue weighted by Gasteiger charge is 2.23. The molecule has 27 heavy (non-hydrogen) atoms. The van der Waals surface area contributed by atoms with Crippen LogP contribution in [0.25, 0.3) is 0 Å². The van der Waals surface area contributed by atoms with Gasteiger partial charge in [0, 0.05) is 37.9 Å². The van der Waals surface area contributed by atoms with Crippen molar-refractivity contribution in [3.8, 4) is 0 Å². The zero-order chi connectivity index (χ0) is 18.6. The summed E-state index contributed by atoms with van der Waals surface area (Å²) in [5.74, 6) is 1.93. The molecule has 1 aliphatic heterocycles. The van der Waals surface area contributed by atoms with Gasteiger partial charge in [-0.3, -0.25) is 14.6 Å². The Balaban J connectivity index is 1.40. The molecule has 0 saturated carbocycles. The maximum absolute atomic E-state index is 4.67. The molecule has 3 aromatic rings. The highest BCUT2D eigenvalue weighted by molar-refractivity contribution is 5.50. The molecule has 0 amide bonds. The third-order valence-corrected chi connectivity index (χ3v) is 5.05. The number of hydrogen-bond acceptors (Lipinski definition) is 6. The Morgan fingerprint density at radius 2 is 2.07 bits per heavy atom. The van der Waals surface area contributed by atoms with E-state index in [0.29, 0.717) is 5.92 Å². The van der Waals surface area contributed by atoms with Gasteiger partial charge >= 0.3 is 0 Å². The molecule has 0 spiro atoms. The van der Waals surface area contributed by atoms with E-state index in [1.165, 1.54) is 12.1 Å². The predicted octanol–water partition coefficient (Wildman–Crippen LogP) is 3.04. The Morgan fingerprint density at radius 1 is 1.15 bits per heavy atom. The molecule has 7 heteroatoms. The van der Waals surface area contributed by atoms with E-state index in [-0.39, 0.29) is 0 Å². The first-order chi connectivity index (χ1) is 13.2. The van der Waals surface area contributed by atoms with Crippen LogP contribution >= 0.6 is 0 Å². The van der Waals surface area contributed by atoms with E-state index in [9.17, 15) is 0 Å². The lowest BCUT2D eigenvalue weighted by Crippen LogP contribution is -2.34. The first-order valence-corrected chi connectivity index (χ1v) is 9.39. The predicted molar refractivity (Wildman–Crippen MR) is 105 cm³/mol. The molecule has 1 fully saturated rings. The summed E-state index contributed by atoms with van der Waals surface area (Å²) < 4.78 is 1.95. The number of pyridine rings is 1. The smallest absolute Gasteiger partial charge is 0.150 e. The SMILES string of the molecule is Cc1cccc(Nc2cnc([C@@H]3CCCN(Cc4ccnn4C)C3)cn2)n1. The fourth-order valence-corrected chi connectivity index (χ4v) is 3.58. The number of nitrogens with one attached hydrogen (secondary N) is 1. The molecule has 0 aliphatic carbocycles. The Kier molecular flexibility index (Phi) is 5.11. The zero-order valence-electron chi connectivity index (χ0n) is 15.8. The minimum atomic E-state index is 0.422. The largest absolute Gasteiger partial charge is 0.324 e. The average molecular weight is 363 g/mol. The molecular weight excluding hydrogens is 338 g/mol. The summed E-state index contributed by atoms with van der Waals surface area (Å²) in [4.78, 5) is 16.1. The summed E-state index contributed by atoms with van der Waals surface area (Å²) in [6, 6.07) is 7.97. The molecule has 4 rings (SSSR count). The highest BCUT2D eigenvalue weighted by atomic mass is 15.3. The van der Waals surface area contributed by atoms with Gasteiger partial charge in [-0.25, -0.2) is 9.97 Å². The molecule has 0 bridgehead atoms. The molecule has 7 nitrogen and oxygen atoms in total. The van der Waals surface area contributed by atoms with Crippen LogP contribution in [-0.2, 0) is 13.6 Å². The van der Waals surface area contributed by atoms with Crippen LogP contribution in [0.5, 0.6) is 0 Å². The third kappa shape index (κ3) is 4.31. The Bertz CT molecular complexity index is 887. The van der Waals surface area contributed by atoms with E-state index < -0.39 is 0 Å². The first kappa shape index (κ1) is 17.6. The molecule has 3 aromatic heterocycles. The van der Waals surface area contributed by atoms with E-state index in [4.69, 9.17) is 0 Å². The Labute approximate surface area is 159 Å². The second kappa shape index (κ2) is 7.84. The van der Waals surface area contributed by atoms with E-state index >= 15 is 0 Å². The van der Waals surface area contributed by atoms with Gasteiger partial charge in [0.1, 0.15) is 11.6 Å². The summed E-state index contributed by atoms with van der Waals surface area (Å²) in [6.45, 7) is 5.03. The van der Waals surface area contributed by atoms with E-state index in [1.54, 1.807) is 6.20 Å². The number of aryl methyl sites for hydroxylation is 2. The van der Waals surface area contributed by atoms with E-state index in [1.807, 2.05) is 49.2 Å². The summed E-state index contributed by atoms with van der Waals surface area (Å²) >= 11 is 0. The van der Waals surface area contributed by atoms with Crippen LogP contribution < -0.4 is 5.32 Å².